The molecule has 0 saturated carbocycles. The van der Waals surface area contributed by atoms with Crippen molar-refractivity contribution in [1.29, 1.82) is 0 Å². The quantitative estimate of drug-likeness (QED) is 0.388. The van der Waals surface area contributed by atoms with E-state index in [1.807, 2.05) is 0 Å². The number of hydrogen-bond acceptors (Lipinski definition) is 0. The monoisotopic (exact) mass is 139 g/mol. The Morgan fingerprint density at radius 3 is 2.20 bits per heavy atom. The van der Waals surface area contributed by atoms with Crippen molar-refractivity contribution in [1.82, 2.24) is 0 Å². The zero-order valence-corrected chi connectivity index (χ0v) is 7.10. The summed E-state index contributed by atoms with van der Waals surface area (Å²) in [5, 5.41) is 0. The van der Waals surface area contributed by atoms with Crippen molar-refractivity contribution < 1.29 is 0 Å². The van der Waals surface area contributed by atoms with E-state index in [4.69, 9.17) is 0 Å². The molecule has 0 spiro atoms. The van der Waals surface area contributed by atoms with Crippen molar-refractivity contribution in [2.75, 3.05) is 0 Å². The van der Waals surface area contributed by atoms with Crippen LogP contribution in [0.3, 0.4) is 0 Å². The molecule has 0 amide bonds. The van der Waals surface area contributed by atoms with E-state index in [2.05, 4.69) is 26.0 Å². The smallest absolute Gasteiger partial charge is 0.0351 e. The fraction of sp³-hybridized carbons (Fsp3) is 0.700. The van der Waals surface area contributed by atoms with Crippen LogP contribution in [0.1, 0.15) is 45.4 Å². The third-order valence-corrected chi connectivity index (χ3v) is 1.51. The second-order valence-corrected chi connectivity index (χ2v) is 2.61. The Morgan fingerprint density at radius 1 is 1.10 bits per heavy atom. The molecule has 0 rings (SSSR count). The van der Waals surface area contributed by atoms with Crippen molar-refractivity contribution in [2.24, 2.45) is 0 Å². The van der Waals surface area contributed by atoms with E-state index < -0.39 is 0 Å². The SMILES string of the molecule is [CH2]CCC/C=C\CCCC. The highest BCUT2D eigenvalue weighted by Crippen LogP contribution is 1.99. The summed E-state index contributed by atoms with van der Waals surface area (Å²) in [4.78, 5) is 0. The van der Waals surface area contributed by atoms with Crippen LogP contribution in [-0.4, -0.2) is 0 Å². The van der Waals surface area contributed by atoms with Crippen molar-refractivity contribution in [3.8, 4) is 0 Å². The highest BCUT2D eigenvalue weighted by atomic mass is 13.9. The summed E-state index contributed by atoms with van der Waals surface area (Å²) in [5.74, 6) is 0. The first-order valence-electron chi connectivity index (χ1n) is 4.36. The molecule has 0 fully saturated rings. The predicted octanol–water partition coefficient (Wildman–Crippen LogP) is 3.74. The van der Waals surface area contributed by atoms with E-state index in [9.17, 15) is 0 Å². The second kappa shape index (κ2) is 8.74. The number of rotatable bonds is 6. The van der Waals surface area contributed by atoms with E-state index >= 15 is 0 Å². The molecular formula is C10H19. The first kappa shape index (κ1) is 9.74. The van der Waals surface area contributed by atoms with Gasteiger partial charge in [-0.3, -0.25) is 0 Å². The van der Waals surface area contributed by atoms with E-state index in [1.54, 1.807) is 0 Å². The normalized spacial score (nSPS) is 11.0. The summed E-state index contributed by atoms with van der Waals surface area (Å²) in [6.45, 7) is 6.01. The van der Waals surface area contributed by atoms with Crippen LogP contribution in [0, 0.1) is 6.92 Å². The van der Waals surface area contributed by atoms with E-state index in [0.29, 0.717) is 0 Å². The Hall–Kier alpha value is -0.260. The van der Waals surface area contributed by atoms with Gasteiger partial charge in [0.1, 0.15) is 0 Å². The fourth-order valence-corrected chi connectivity index (χ4v) is 0.820. The Morgan fingerprint density at radius 2 is 1.70 bits per heavy atom. The minimum absolute atomic E-state index is 1.07. The van der Waals surface area contributed by atoms with Gasteiger partial charge in [-0.2, -0.15) is 0 Å². The van der Waals surface area contributed by atoms with Gasteiger partial charge in [0.2, 0.25) is 0 Å². The third kappa shape index (κ3) is 7.74. The van der Waals surface area contributed by atoms with Gasteiger partial charge in [0.05, 0.1) is 0 Å². The zero-order chi connectivity index (χ0) is 7.66. The van der Waals surface area contributed by atoms with Gasteiger partial charge < -0.3 is 0 Å². The summed E-state index contributed by atoms with van der Waals surface area (Å²) in [7, 11) is 0. The summed E-state index contributed by atoms with van der Waals surface area (Å²) in [5.41, 5.74) is 0. The molecular weight excluding hydrogens is 120 g/mol. The van der Waals surface area contributed by atoms with Crippen molar-refractivity contribution >= 4 is 0 Å². The average Bonchev–Trinajstić information content (AvgIpc) is 1.97. The molecule has 0 aliphatic heterocycles. The first-order valence-corrected chi connectivity index (χ1v) is 4.36. The molecule has 0 atom stereocenters. The molecule has 0 unspecified atom stereocenters. The average molecular weight is 139 g/mol. The van der Waals surface area contributed by atoms with Gasteiger partial charge >= 0.3 is 0 Å². The molecule has 1 radical (unpaired) electrons. The molecule has 0 heteroatoms. The predicted molar refractivity (Wildman–Crippen MR) is 47.9 cm³/mol. The minimum Gasteiger partial charge on any atom is -0.0885 e. The molecule has 0 aliphatic carbocycles. The highest BCUT2D eigenvalue weighted by Gasteiger charge is 1.78. The second-order valence-electron chi connectivity index (χ2n) is 2.61. The van der Waals surface area contributed by atoms with Crippen LogP contribution in [-0.2, 0) is 0 Å². The molecule has 0 aromatic carbocycles. The van der Waals surface area contributed by atoms with Gasteiger partial charge in [-0.1, -0.05) is 45.3 Å². The molecule has 0 bridgehead atoms. The molecule has 0 aromatic rings. The third-order valence-electron chi connectivity index (χ3n) is 1.51. The van der Waals surface area contributed by atoms with E-state index in [0.717, 1.165) is 6.42 Å². The molecule has 10 heavy (non-hydrogen) atoms. The standard InChI is InChI=1S/C10H19/c1-3-5-7-9-10-8-6-4-2/h9-10H,1,3-8H2,2H3/b10-9-. The van der Waals surface area contributed by atoms with Crippen LogP contribution in [0.5, 0.6) is 0 Å². The maximum atomic E-state index is 3.79. The van der Waals surface area contributed by atoms with Crippen molar-refractivity contribution in [3.63, 3.8) is 0 Å². The zero-order valence-electron chi connectivity index (χ0n) is 7.10. The Balaban J connectivity index is 2.89. The largest absolute Gasteiger partial charge is 0.0885 e. The van der Waals surface area contributed by atoms with Crippen LogP contribution >= 0.6 is 0 Å². The molecule has 59 valence electrons. The van der Waals surface area contributed by atoms with Crippen LogP contribution in [0.15, 0.2) is 12.2 Å². The summed E-state index contributed by atoms with van der Waals surface area (Å²) in [6.07, 6.45) is 12.0. The van der Waals surface area contributed by atoms with Crippen LogP contribution in [0.25, 0.3) is 0 Å². The van der Waals surface area contributed by atoms with Crippen LogP contribution in [0.4, 0.5) is 0 Å². The van der Waals surface area contributed by atoms with Gasteiger partial charge in [-0.25, -0.2) is 0 Å². The van der Waals surface area contributed by atoms with E-state index in [1.165, 1.54) is 32.1 Å². The molecule has 0 saturated heterocycles. The number of unbranched alkanes of at least 4 members (excludes halogenated alkanes) is 4. The number of allylic oxidation sites excluding steroid dienone is 2. The Kier molecular flexibility index (Phi) is 8.51. The van der Waals surface area contributed by atoms with Gasteiger partial charge in [0.25, 0.3) is 0 Å². The number of hydrogen-bond donors (Lipinski definition) is 0. The van der Waals surface area contributed by atoms with Gasteiger partial charge in [-0.15, -0.1) is 0 Å². The summed E-state index contributed by atoms with van der Waals surface area (Å²) < 4.78 is 0. The van der Waals surface area contributed by atoms with Crippen LogP contribution < -0.4 is 0 Å². The lowest BCUT2D eigenvalue weighted by molar-refractivity contribution is 0.805. The Labute approximate surface area is 65.3 Å². The van der Waals surface area contributed by atoms with Crippen molar-refractivity contribution in [2.45, 2.75) is 45.4 Å². The molecule has 0 nitrogen and oxygen atoms in total. The van der Waals surface area contributed by atoms with Gasteiger partial charge in [0, 0.05) is 0 Å². The molecule has 0 heterocycles. The van der Waals surface area contributed by atoms with Crippen LogP contribution in [0.2, 0.25) is 0 Å². The minimum atomic E-state index is 1.07. The first-order chi connectivity index (χ1) is 4.91. The topological polar surface area (TPSA) is 0 Å². The van der Waals surface area contributed by atoms with Crippen molar-refractivity contribution in [3.05, 3.63) is 19.1 Å². The molecule has 0 aliphatic rings. The lowest BCUT2D eigenvalue weighted by Crippen LogP contribution is -1.69. The summed E-state index contributed by atoms with van der Waals surface area (Å²) >= 11 is 0. The van der Waals surface area contributed by atoms with Gasteiger partial charge in [0.15, 0.2) is 0 Å². The summed E-state index contributed by atoms with van der Waals surface area (Å²) in [6, 6.07) is 0. The maximum absolute atomic E-state index is 3.79. The molecule has 0 N–H and O–H groups in total. The lowest BCUT2D eigenvalue weighted by Gasteiger charge is -1.89. The fourth-order valence-electron chi connectivity index (χ4n) is 0.820. The maximum Gasteiger partial charge on any atom is -0.0351 e. The Bertz CT molecular complexity index is 62.1. The lowest BCUT2D eigenvalue weighted by atomic mass is 10.2. The van der Waals surface area contributed by atoms with Gasteiger partial charge in [-0.05, 0) is 19.3 Å². The van der Waals surface area contributed by atoms with E-state index in [-0.39, 0.29) is 0 Å². The molecule has 0 aromatic heterocycles. The highest BCUT2D eigenvalue weighted by molar-refractivity contribution is 4.81.